The lowest BCUT2D eigenvalue weighted by Crippen LogP contribution is -2.03. The van der Waals surface area contributed by atoms with Crippen molar-refractivity contribution in [3.8, 4) is 11.8 Å². The fourth-order valence-electron chi connectivity index (χ4n) is 1.98. The minimum absolute atomic E-state index is 0.0600. The Kier molecular flexibility index (Phi) is 2.50. The van der Waals surface area contributed by atoms with Gasteiger partial charge in [0.15, 0.2) is 11.6 Å². The molecule has 0 N–H and O–H groups in total. The lowest BCUT2D eigenvalue weighted by atomic mass is 10.2. The molecule has 5 heteroatoms. The highest BCUT2D eigenvalue weighted by molar-refractivity contribution is 5.80. The van der Waals surface area contributed by atoms with Gasteiger partial charge in [0.25, 0.3) is 0 Å². The van der Waals surface area contributed by atoms with Gasteiger partial charge in [-0.3, -0.25) is 0 Å². The van der Waals surface area contributed by atoms with Crippen LogP contribution in [-0.4, -0.2) is 9.78 Å². The van der Waals surface area contributed by atoms with Gasteiger partial charge in [0.1, 0.15) is 5.69 Å². The quantitative estimate of drug-likeness (QED) is 0.670. The molecule has 1 heterocycles. The number of hydrogen-bond donors (Lipinski definition) is 0. The summed E-state index contributed by atoms with van der Waals surface area (Å²) in [6.07, 6.45) is 1.53. The topological polar surface area (TPSA) is 41.6 Å². The molecular formula is C14H7F2N3. The Morgan fingerprint density at radius 2 is 1.79 bits per heavy atom. The molecule has 0 aliphatic heterocycles. The highest BCUT2D eigenvalue weighted by atomic mass is 19.1. The number of benzene rings is 2. The fourth-order valence-corrected chi connectivity index (χ4v) is 1.98. The maximum Gasteiger partial charge on any atom is 0.153 e. The van der Waals surface area contributed by atoms with E-state index in [1.807, 2.05) is 6.07 Å². The van der Waals surface area contributed by atoms with E-state index in [0.29, 0.717) is 5.52 Å². The largest absolute Gasteiger partial charge is 0.227 e. The monoisotopic (exact) mass is 255 g/mol. The molecule has 0 saturated heterocycles. The average molecular weight is 255 g/mol. The maximum absolute atomic E-state index is 13.9. The van der Waals surface area contributed by atoms with Crippen molar-refractivity contribution in [1.29, 1.82) is 5.26 Å². The lowest BCUT2D eigenvalue weighted by Gasteiger charge is -2.07. The molecule has 2 aromatic carbocycles. The summed E-state index contributed by atoms with van der Waals surface area (Å²) in [6.45, 7) is 0. The van der Waals surface area contributed by atoms with Crippen LogP contribution in [0.25, 0.3) is 16.6 Å². The zero-order chi connectivity index (χ0) is 13.4. The molecule has 0 atom stereocenters. The molecule has 3 aromatic rings. The normalized spacial score (nSPS) is 10.6. The number of nitrogens with zero attached hydrogens (tertiary/aromatic N) is 3. The Morgan fingerprint density at radius 3 is 2.47 bits per heavy atom. The molecule has 0 spiro atoms. The van der Waals surface area contributed by atoms with Crippen LogP contribution in [0.2, 0.25) is 0 Å². The van der Waals surface area contributed by atoms with Gasteiger partial charge in [0.2, 0.25) is 0 Å². The molecular weight excluding hydrogens is 248 g/mol. The second-order valence-corrected chi connectivity index (χ2v) is 4.02. The van der Waals surface area contributed by atoms with Crippen LogP contribution in [0, 0.1) is 23.0 Å². The van der Waals surface area contributed by atoms with E-state index >= 15 is 0 Å². The van der Waals surface area contributed by atoms with Gasteiger partial charge in [-0.2, -0.15) is 10.4 Å². The first-order valence-electron chi connectivity index (χ1n) is 5.53. The first-order chi connectivity index (χ1) is 9.20. The van der Waals surface area contributed by atoms with Crippen molar-refractivity contribution in [3.05, 3.63) is 59.8 Å². The van der Waals surface area contributed by atoms with Crippen LogP contribution in [0.1, 0.15) is 5.56 Å². The summed E-state index contributed by atoms with van der Waals surface area (Å²) in [5.41, 5.74) is 0.264. The lowest BCUT2D eigenvalue weighted by molar-refractivity contribution is 0.562. The summed E-state index contributed by atoms with van der Waals surface area (Å²) < 4.78 is 29.1. The second kappa shape index (κ2) is 4.18. The Balaban J connectivity index is 2.31. The van der Waals surface area contributed by atoms with Crippen molar-refractivity contribution in [2.45, 2.75) is 0 Å². The van der Waals surface area contributed by atoms with Crippen LogP contribution in [0.4, 0.5) is 8.78 Å². The van der Waals surface area contributed by atoms with Crippen molar-refractivity contribution in [3.63, 3.8) is 0 Å². The summed E-state index contributed by atoms with van der Waals surface area (Å²) in [7, 11) is 0. The minimum Gasteiger partial charge on any atom is -0.227 e. The summed E-state index contributed by atoms with van der Waals surface area (Å²) in [6, 6.07) is 10.8. The molecule has 3 nitrogen and oxygen atoms in total. The Labute approximate surface area is 107 Å². The van der Waals surface area contributed by atoms with Crippen molar-refractivity contribution >= 4 is 10.9 Å². The van der Waals surface area contributed by atoms with Crippen LogP contribution in [0.5, 0.6) is 0 Å². The van der Waals surface area contributed by atoms with Crippen molar-refractivity contribution in [1.82, 2.24) is 9.78 Å². The third-order valence-corrected chi connectivity index (χ3v) is 2.84. The first-order valence-corrected chi connectivity index (χ1v) is 5.53. The van der Waals surface area contributed by atoms with Crippen molar-refractivity contribution in [2.24, 2.45) is 0 Å². The Bertz CT molecular complexity index is 792. The zero-order valence-corrected chi connectivity index (χ0v) is 9.64. The Morgan fingerprint density at radius 1 is 1.11 bits per heavy atom. The van der Waals surface area contributed by atoms with Gasteiger partial charge in [-0.15, -0.1) is 0 Å². The molecule has 0 saturated carbocycles. The van der Waals surface area contributed by atoms with Gasteiger partial charge in [0.05, 0.1) is 23.3 Å². The summed E-state index contributed by atoms with van der Waals surface area (Å²) in [5.74, 6) is -1.63. The van der Waals surface area contributed by atoms with Crippen LogP contribution in [0.15, 0.2) is 42.6 Å². The SMILES string of the molecule is N#Cc1cc(F)c(-n2ncc3ccccc32)c(F)c1. The number of aromatic nitrogens is 2. The van der Waals surface area contributed by atoms with E-state index in [2.05, 4.69) is 5.10 Å². The fraction of sp³-hybridized carbons (Fsp3) is 0. The summed E-state index contributed by atoms with van der Waals surface area (Å²) >= 11 is 0. The molecule has 19 heavy (non-hydrogen) atoms. The van der Waals surface area contributed by atoms with Gasteiger partial charge in [-0.25, -0.2) is 13.5 Å². The van der Waals surface area contributed by atoms with Gasteiger partial charge < -0.3 is 0 Å². The van der Waals surface area contributed by atoms with Crippen molar-refractivity contribution < 1.29 is 8.78 Å². The zero-order valence-electron chi connectivity index (χ0n) is 9.64. The van der Waals surface area contributed by atoms with Crippen LogP contribution in [-0.2, 0) is 0 Å². The van der Waals surface area contributed by atoms with E-state index in [-0.39, 0.29) is 11.3 Å². The summed E-state index contributed by atoms with van der Waals surface area (Å²) in [5, 5.41) is 13.5. The van der Waals surface area contributed by atoms with Crippen LogP contribution >= 0.6 is 0 Å². The van der Waals surface area contributed by atoms with Crippen LogP contribution in [0.3, 0.4) is 0 Å². The number of hydrogen-bond acceptors (Lipinski definition) is 2. The number of para-hydroxylation sites is 1. The molecule has 3 rings (SSSR count). The van der Waals surface area contributed by atoms with E-state index in [4.69, 9.17) is 5.26 Å². The van der Waals surface area contributed by atoms with Crippen molar-refractivity contribution in [2.75, 3.05) is 0 Å². The maximum atomic E-state index is 13.9. The highest BCUT2D eigenvalue weighted by Gasteiger charge is 2.16. The van der Waals surface area contributed by atoms with Gasteiger partial charge in [0, 0.05) is 5.39 Å². The smallest absolute Gasteiger partial charge is 0.153 e. The number of nitriles is 1. The van der Waals surface area contributed by atoms with E-state index in [1.54, 1.807) is 24.3 Å². The molecule has 0 bridgehead atoms. The molecule has 0 aliphatic carbocycles. The third-order valence-electron chi connectivity index (χ3n) is 2.84. The number of halogens is 2. The number of fused-ring (bicyclic) bond motifs is 1. The molecule has 0 unspecified atom stereocenters. The van der Waals surface area contributed by atoms with E-state index in [9.17, 15) is 8.78 Å². The predicted molar refractivity (Wildman–Crippen MR) is 65.7 cm³/mol. The molecule has 0 fully saturated rings. The van der Waals surface area contributed by atoms with E-state index < -0.39 is 11.6 Å². The Hall–Kier alpha value is -2.74. The third kappa shape index (κ3) is 1.74. The minimum atomic E-state index is -0.814. The molecule has 1 aromatic heterocycles. The molecule has 92 valence electrons. The second-order valence-electron chi connectivity index (χ2n) is 4.02. The standard InChI is InChI=1S/C14H7F2N3/c15-11-5-9(7-17)6-12(16)14(11)19-13-4-2-1-3-10(13)8-18-19/h1-6,8H. The first kappa shape index (κ1) is 11.4. The van der Waals surface area contributed by atoms with Gasteiger partial charge >= 0.3 is 0 Å². The molecule has 0 aliphatic rings. The predicted octanol–water partition coefficient (Wildman–Crippen LogP) is 3.18. The van der Waals surface area contributed by atoms with Gasteiger partial charge in [-0.05, 0) is 18.2 Å². The summed E-state index contributed by atoms with van der Waals surface area (Å²) in [4.78, 5) is 0. The average Bonchev–Trinajstić information content (AvgIpc) is 2.82. The van der Waals surface area contributed by atoms with Gasteiger partial charge in [-0.1, -0.05) is 18.2 Å². The molecule has 0 amide bonds. The number of rotatable bonds is 1. The van der Waals surface area contributed by atoms with Crippen LogP contribution < -0.4 is 0 Å². The molecule has 0 radical (unpaired) electrons. The van der Waals surface area contributed by atoms with E-state index in [0.717, 1.165) is 17.5 Å². The van der Waals surface area contributed by atoms with E-state index in [1.165, 1.54) is 10.9 Å². The highest BCUT2D eigenvalue weighted by Crippen LogP contribution is 2.23.